The number of methoxy groups -OCH3 is 2. The fourth-order valence-corrected chi connectivity index (χ4v) is 3.91. The SMILES string of the molecule is COc1ccc(-c2noc(CCC(=O)Nc3cc(C(N)=O)ccc3N3CCCC3)n2)cc1OC. The highest BCUT2D eigenvalue weighted by molar-refractivity contribution is 5.99. The highest BCUT2D eigenvalue weighted by Crippen LogP contribution is 2.32. The number of carbonyl (C=O) groups is 2. The topological polar surface area (TPSA) is 133 Å². The van der Waals surface area contributed by atoms with E-state index in [1.807, 2.05) is 6.07 Å². The largest absolute Gasteiger partial charge is 0.493 e. The van der Waals surface area contributed by atoms with Gasteiger partial charge in [0.1, 0.15) is 0 Å². The molecule has 2 aromatic carbocycles. The standard InChI is InChI=1S/C24H27N5O5/c1-32-19-8-6-16(14-20(19)33-2)24-27-22(34-28-24)10-9-21(30)26-17-13-15(23(25)31)5-7-18(17)29-11-3-4-12-29/h5-8,13-14H,3-4,9-12H2,1-2H3,(H2,25,31)(H,26,30). The molecule has 0 aliphatic carbocycles. The second-order valence-corrected chi connectivity index (χ2v) is 7.92. The lowest BCUT2D eigenvalue weighted by molar-refractivity contribution is -0.116. The fraction of sp³-hybridized carbons (Fsp3) is 0.333. The van der Waals surface area contributed by atoms with Crippen molar-refractivity contribution >= 4 is 23.2 Å². The normalized spacial score (nSPS) is 13.1. The van der Waals surface area contributed by atoms with Gasteiger partial charge < -0.3 is 29.9 Å². The zero-order chi connectivity index (χ0) is 24.1. The molecule has 10 heteroatoms. The summed E-state index contributed by atoms with van der Waals surface area (Å²) >= 11 is 0. The number of hydrogen-bond acceptors (Lipinski definition) is 8. The number of ether oxygens (including phenoxy) is 2. The van der Waals surface area contributed by atoms with Gasteiger partial charge in [0.25, 0.3) is 0 Å². The Balaban J connectivity index is 1.43. The Kier molecular flexibility index (Phi) is 6.95. The second kappa shape index (κ2) is 10.2. The molecule has 0 bridgehead atoms. The molecule has 0 saturated carbocycles. The zero-order valence-corrected chi connectivity index (χ0v) is 19.2. The summed E-state index contributed by atoms with van der Waals surface area (Å²) in [5, 5.41) is 6.91. The lowest BCUT2D eigenvalue weighted by atomic mass is 10.1. The number of anilines is 2. The van der Waals surface area contributed by atoms with E-state index in [0.29, 0.717) is 40.0 Å². The van der Waals surface area contributed by atoms with Gasteiger partial charge in [-0.2, -0.15) is 4.98 Å². The molecule has 3 N–H and O–H groups in total. The second-order valence-electron chi connectivity index (χ2n) is 7.92. The summed E-state index contributed by atoms with van der Waals surface area (Å²) in [5.41, 5.74) is 7.92. The van der Waals surface area contributed by atoms with Crippen molar-refractivity contribution in [2.75, 3.05) is 37.5 Å². The number of amides is 2. The van der Waals surface area contributed by atoms with Crippen LogP contribution >= 0.6 is 0 Å². The first kappa shape index (κ1) is 23.1. The van der Waals surface area contributed by atoms with Gasteiger partial charge in [-0.1, -0.05) is 5.16 Å². The van der Waals surface area contributed by atoms with Gasteiger partial charge in [0, 0.05) is 37.1 Å². The summed E-state index contributed by atoms with van der Waals surface area (Å²) in [4.78, 5) is 30.9. The molecular formula is C24H27N5O5. The van der Waals surface area contributed by atoms with Crippen molar-refractivity contribution in [1.29, 1.82) is 0 Å². The molecule has 0 spiro atoms. The van der Waals surface area contributed by atoms with Crippen LogP contribution in [-0.2, 0) is 11.2 Å². The van der Waals surface area contributed by atoms with E-state index >= 15 is 0 Å². The molecule has 1 saturated heterocycles. The van der Waals surface area contributed by atoms with Crippen LogP contribution in [0.3, 0.4) is 0 Å². The number of benzene rings is 2. The molecule has 4 rings (SSSR count). The van der Waals surface area contributed by atoms with Crippen molar-refractivity contribution in [2.45, 2.75) is 25.7 Å². The monoisotopic (exact) mass is 465 g/mol. The van der Waals surface area contributed by atoms with E-state index in [2.05, 4.69) is 20.4 Å². The van der Waals surface area contributed by atoms with E-state index < -0.39 is 5.91 Å². The smallest absolute Gasteiger partial charge is 0.248 e. The van der Waals surface area contributed by atoms with E-state index in [9.17, 15) is 9.59 Å². The van der Waals surface area contributed by atoms with Gasteiger partial charge in [0.15, 0.2) is 11.5 Å². The maximum absolute atomic E-state index is 12.7. The Hall–Kier alpha value is -4.08. The van der Waals surface area contributed by atoms with E-state index in [0.717, 1.165) is 31.6 Å². The number of nitrogens with one attached hydrogen (secondary N) is 1. The van der Waals surface area contributed by atoms with Crippen molar-refractivity contribution in [3.63, 3.8) is 0 Å². The summed E-state index contributed by atoms with van der Waals surface area (Å²) in [7, 11) is 3.11. The van der Waals surface area contributed by atoms with Crippen molar-refractivity contribution < 1.29 is 23.6 Å². The molecule has 0 unspecified atom stereocenters. The van der Waals surface area contributed by atoms with Crippen LogP contribution < -0.4 is 25.4 Å². The lowest BCUT2D eigenvalue weighted by Gasteiger charge is -2.22. The highest BCUT2D eigenvalue weighted by Gasteiger charge is 2.19. The minimum absolute atomic E-state index is 0.133. The van der Waals surface area contributed by atoms with E-state index in [1.165, 1.54) is 0 Å². The summed E-state index contributed by atoms with van der Waals surface area (Å²) in [5.74, 6) is 1.11. The number of hydrogen-bond donors (Lipinski definition) is 2. The van der Waals surface area contributed by atoms with Crippen LogP contribution in [0.2, 0.25) is 0 Å². The zero-order valence-electron chi connectivity index (χ0n) is 19.2. The Morgan fingerprint density at radius 2 is 1.85 bits per heavy atom. The first-order chi connectivity index (χ1) is 16.5. The van der Waals surface area contributed by atoms with Gasteiger partial charge in [-0.05, 0) is 49.2 Å². The summed E-state index contributed by atoms with van der Waals surface area (Å²) in [6.07, 6.45) is 2.57. The summed E-state index contributed by atoms with van der Waals surface area (Å²) in [6, 6.07) is 10.4. The van der Waals surface area contributed by atoms with Crippen molar-refractivity contribution in [3.05, 3.63) is 47.9 Å². The molecular weight excluding hydrogens is 438 g/mol. The molecule has 1 aromatic heterocycles. The van der Waals surface area contributed by atoms with Crippen LogP contribution in [0.15, 0.2) is 40.9 Å². The summed E-state index contributed by atoms with van der Waals surface area (Å²) < 4.78 is 15.9. The van der Waals surface area contributed by atoms with Crippen molar-refractivity contribution in [1.82, 2.24) is 10.1 Å². The lowest BCUT2D eigenvalue weighted by Crippen LogP contribution is -2.22. The van der Waals surface area contributed by atoms with Gasteiger partial charge in [-0.3, -0.25) is 9.59 Å². The van der Waals surface area contributed by atoms with Crippen LogP contribution in [0.4, 0.5) is 11.4 Å². The third-order valence-electron chi connectivity index (χ3n) is 5.68. The number of rotatable bonds is 9. The van der Waals surface area contributed by atoms with Gasteiger partial charge >= 0.3 is 0 Å². The molecule has 2 amide bonds. The van der Waals surface area contributed by atoms with Crippen molar-refractivity contribution in [3.8, 4) is 22.9 Å². The molecule has 1 fully saturated rings. The van der Waals surface area contributed by atoms with Crippen LogP contribution in [0.1, 0.15) is 35.5 Å². The van der Waals surface area contributed by atoms with Gasteiger partial charge in [-0.15, -0.1) is 0 Å². The maximum Gasteiger partial charge on any atom is 0.248 e. The quantitative estimate of drug-likeness (QED) is 0.493. The predicted molar refractivity (Wildman–Crippen MR) is 126 cm³/mol. The van der Waals surface area contributed by atoms with Gasteiger partial charge in [0.05, 0.1) is 25.6 Å². The number of aryl methyl sites for hydroxylation is 1. The first-order valence-corrected chi connectivity index (χ1v) is 11.0. The summed E-state index contributed by atoms with van der Waals surface area (Å²) in [6.45, 7) is 1.80. The molecule has 2 heterocycles. The predicted octanol–water partition coefficient (Wildman–Crippen LogP) is 3.02. The third kappa shape index (κ3) is 5.11. The number of nitrogens with two attached hydrogens (primary N) is 1. The Bertz CT molecular complexity index is 1190. The average Bonchev–Trinajstić information content (AvgIpc) is 3.55. The minimum Gasteiger partial charge on any atom is -0.493 e. The molecule has 34 heavy (non-hydrogen) atoms. The average molecular weight is 466 g/mol. The molecule has 0 atom stereocenters. The molecule has 10 nitrogen and oxygen atoms in total. The third-order valence-corrected chi connectivity index (χ3v) is 5.68. The Morgan fingerprint density at radius 1 is 1.09 bits per heavy atom. The number of nitrogens with zero attached hydrogens (tertiary/aromatic N) is 3. The number of primary amides is 1. The first-order valence-electron chi connectivity index (χ1n) is 11.0. The number of aromatic nitrogens is 2. The van der Waals surface area contributed by atoms with E-state index in [4.69, 9.17) is 19.7 Å². The van der Waals surface area contributed by atoms with Crippen molar-refractivity contribution in [2.24, 2.45) is 5.73 Å². The molecule has 3 aromatic rings. The maximum atomic E-state index is 12.7. The molecule has 178 valence electrons. The molecule has 1 aliphatic rings. The van der Waals surface area contributed by atoms with E-state index in [-0.39, 0.29) is 18.7 Å². The van der Waals surface area contributed by atoms with Crippen LogP contribution in [0.5, 0.6) is 11.5 Å². The minimum atomic E-state index is -0.544. The van der Waals surface area contributed by atoms with Crippen LogP contribution in [0.25, 0.3) is 11.4 Å². The fourth-order valence-electron chi connectivity index (χ4n) is 3.91. The Labute approximate surface area is 197 Å². The Morgan fingerprint density at radius 3 is 2.56 bits per heavy atom. The van der Waals surface area contributed by atoms with Gasteiger partial charge in [-0.25, -0.2) is 0 Å². The van der Waals surface area contributed by atoms with Crippen LogP contribution in [0, 0.1) is 0 Å². The van der Waals surface area contributed by atoms with Crippen LogP contribution in [-0.4, -0.2) is 49.3 Å². The van der Waals surface area contributed by atoms with E-state index in [1.54, 1.807) is 44.6 Å². The molecule has 1 aliphatic heterocycles. The van der Waals surface area contributed by atoms with Gasteiger partial charge in [0.2, 0.25) is 23.5 Å². The number of carbonyl (C=O) groups excluding carboxylic acids is 2. The molecule has 0 radical (unpaired) electrons. The highest BCUT2D eigenvalue weighted by atomic mass is 16.5.